The minimum absolute atomic E-state index is 0.161. The van der Waals surface area contributed by atoms with Gasteiger partial charge in [-0.05, 0) is 18.4 Å². The number of benzene rings is 1. The van der Waals surface area contributed by atoms with Crippen molar-refractivity contribution in [2.24, 2.45) is 11.7 Å². The van der Waals surface area contributed by atoms with Gasteiger partial charge in [0.1, 0.15) is 0 Å². The zero-order valence-corrected chi connectivity index (χ0v) is 10.8. The molecule has 0 fully saturated rings. The average molecular weight is 235 g/mol. The first-order valence-electron chi connectivity index (χ1n) is 6.00. The summed E-state index contributed by atoms with van der Waals surface area (Å²) in [5.41, 5.74) is 6.71. The number of hydrogen-bond acceptors (Lipinski definition) is 3. The first kappa shape index (κ1) is 13.7. The predicted molar refractivity (Wildman–Crippen MR) is 68.4 cm³/mol. The number of hydrogen-bond donors (Lipinski definition) is 1. The van der Waals surface area contributed by atoms with Gasteiger partial charge in [-0.3, -0.25) is 4.79 Å². The van der Waals surface area contributed by atoms with Gasteiger partial charge in [-0.2, -0.15) is 0 Å². The van der Waals surface area contributed by atoms with Crippen LogP contribution in [0, 0.1) is 5.92 Å². The van der Waals surface area contributed by atoms with Gasteiger partial charge < -0.3 is 10.5 Å². The van der Waals surface area contributed by atoms with E-state index in [2.05, 4.69) is 0 Å². The van der Waals surface area contributed by atoms with Gasteiger partial charge in [0.25, 0.3) is 0 Å². The minimum atomic E-state index is -0.659. The molecular formula is C14H21NO2. The molecule has 0 aliphatic rings. The second-order valence-corrected chi connectivity index (χ2v) is 4.54. The number of rotatable bonds is 5. The van der Waals surface area contributed by atoms with E-state index in [0.29, 0.717) is 6.61 Å². The molecule has 3 heteroatoms. The molecule has 0 saturated carbocycles. The van der Waals surface area contributed by atoms with Crippen molar-refractivity contribution in [3.05, 3.63) is 35.9 Å². The number of carbonyl (C=O) groups excluding carboxylic acids is 1. The molecule has 0 amide bonds. The molecule has 1 rings (SSSR count). The molecular weight excluding hydrogens is 214 g/mol. The first-order valence-corrected chi connectivity index (χ1v) is 6.00. The third-order valence-corrected chi connectivity index (χ3v) is 3.08. The lowest BCUT2D eigenvalue weighted by atomic mass is 9.78. The van der Waals surface area contributed by atoms with E-state index in [4.69, 9.17) is 10.5 Å². The first-order chi connectivity index (χ1) is 8.00. The summed E-state index contributed by atoms with van der Waals surface area (Å²) in [5, 5.41) is 0. The Balaban J connectivity index is 2.94. The summed E-state index contributed by atoms with van der Waals surface area (Å²) in [6.07, 6.45) is 0.211. The highest BCUT2D eigenvalue weighted by atomic mass is 16.5. The fraction of sp³-hybridized carbons (Fsp3) is 0.500. The predicted octanol–water partition coefficient (Wildman–Crippen LogP) is 2.45. The summed E-state index contributed by atoms with van der Waals surface area (Å²) < 4.78 is 4.99. The smallest absolute Gasteiger partial charge is 0.308 e. The number of nitrogens with two attached hydrogens (primary N) is 1. The molecule has 1 unspecified atom stereocenters. The van der Waals surface area contributed by atoms with Crippen molar-refractivity contribution in [1.29, 1.82) is 0 Å². The van der Waals surface area contributed by atoms with Crippen LogP contribution in [-0.2, 0) is 15.1 Å². The molecule has 17 heavy (non-hydrogen) atoms. The van der Waals surface area contributed by atoms with Crippen molar-refractivity contribution in [2.45, 2.75) is 32.7 Å². The Hall–Kier alpha value is -1.35. The largest absolute Gasteiger partial charge is 0.466 e. The van der Waals surface area contributed by atoms with Crippen LogP contribution in [0.4, 0.5) is 0 Å². The van der Waals surface area contributed by atoms with Gasteiger partial charge in [-0.1, -0.05) is 44.2 Å². The summed E-state index contributed by atoms with van der Waals surface area (Å²) in [4.78, 5) is 11.6. The van der Waals surface area contributed by atoms with Crippen molar-refractivity contribution in [3.8, 4) is 0 Å². The summed E-state index contributed by atoms with van der Waals surface area (Å²) in [5.74, 6) is -0.0816. The highest BCUT2D eigenvalue weighted by Crippen LogP contribution is 2.30. The van der Waals surface area contributed by atoms with Crippen LogP contribution in [-0.4, -0.2) is 12.6 Å². The molecule has 1 aromatic rings. The molecule has 1 aromatic carbocycles. The lowest BCUT2D eigenvalue weighted by Gasteiger charge is -2.33. The summed E-state index contributed by atoms with van der Waals surface area (Å²) in [6, 6.07) is 9.72. The fourth-order valence-corrected chi connectivity index (χ4v) is 1.84. The minimum Gasteiger partial charge on any atom is -0.466 e. The van der Waals surface area contributed by atoms with E-state index in [0.717, 1.165) is 5.56 Å². The molecule has 2 N–H and O–H groups in total. The van der Waals surface area contributed by atoms with Gasteiger partial charge in [0.15, 0.2) is 0 Å². The Labute approximate surface area is 103 Å². The third-order valence-electron chi connectivity index (χ3n) is 3.08. The average Bonchev–Trinajstić information content (AvgIpc) is 2.30. The van der Waals surface area contributed by atoms with Crippen molar-refractivity contribution >= 4 is 5.97 Å². The van der Waals surface area contributed by atoms with Crippen LogP contribution in [0.5, 0.6) is 0 Å². The van der Waals surface area contributed by atoms with Crippen LogP contribution in [0.25, 0.3) is 0 Å². The van der Waals surface area contributed by atoms with E-state index in [-0.39, 0.29) is 18.3 Å². The number of carbonyl (C=O) groups is 1. The zero-order chi connectivity index (χ0) is 12.9. The summed E-state index contributed by atoms with van der Waals surface area (Å²) >= 11 is 0. The highest BCUT2D eigenvalue weighted by molar-refractivity contribution is 5.71. The van der Waals surface area contributed by atoms with Crippen molar-refractivity contribution in [3.63, 3.8) is 0 Å². The van der Waals surface area contributed by atoms with Crippen LogP contribution in [0.1, 0.15) is 32.8 Å². The Morgan fingerprint density at radius 1 is 1.35 bits per heavy atom. The zero-order valence-electron chi connectivity index (χ0n) is 10.8. The Kier molecular flexibility index (Phi) is 4.70. The standard InChI is InChI=1S/C14H21NO2/c1-4-17-13(16)10-14(15,11(2)3)12-8-6-5-7-9-12/h5-9,11H,4,10,15H2,1-3H3. The monoisotopic (exact) mass is 235 g/mol. The van der Waals surface area contributed by atoms with Gasteiger partial charge in [-0.25, -0.2) is 0 Å². The molecule has 0 aromatic heterocycles. The number of ether oxygens (including phenoxy) is 1. The molecule has 94 valence electrons. The van der Waals surface area contributed by atoms with E-state index >= 15 is 0 Å². The molecule has 0 spiro atoms. The van der Waals surface area contributed by atoms with Crippen LogP contribution in [0.3, 0.4) is 0 Å². The number of esters is 1. The van der Waals surface area contributed by atoms with E-state index in [1.807, 2.05) is 44.2 Å². The molecule has 0 saturated heterocycles. The Morgan fingerprint density at radius 2 is 1.94 bits per heavy atom. The normalized spacial score (nSPS) is 14.4. The van der Waals surface area contributed by atoms with Gasteiger partial charge in [-0.15, -0.1) is 0 Å². The maximum absolute atomic E-state index is 11.6. The summed E-state index contributed by atoms with van der Waals surface area (Å²) in [6.45, 7) is 6.23. The molecule has 0 radical (unpaired) electrons. The van der Waals surface area contributed by atoms with Crippen LogP contribution < -0.4 is 5.73 Å². The van der Waals surface area contributed by atoms with Gasteiger partial charge in [0.05, 0.1) is 18.6 Å². The third kappa shape index (κ3) is 3.30. The maximum atomic E-state index is 11.6. The second-order valence-electron chi connectivity index (χ2n) is 4.54. The molecule has 3 nitrogen and oxygen atoms in total. The molecule has 0 aliphatic heterocycles. The quantitative estimate of drug-likeness (QED) is 0.797. The van der Waals surface area contributed by atoms with Gasteiger partial charge in [0, 0.05) is 0 Å². The lowest BCUT2D eigenvalue weighted by Crippen LogP contribution is -2.44. The van der Waals surface area contributed by atoms with Gasteiger partial charge in [0.2, 0.25) is 0 Å². The highest BCUT2D eigenvalue weighted by Gasteiger charge is 2.34. The van der Waals surface area contributed by atoms with Crippen molar-refractivity contribution in [2.75, 3.05) is 6.61 Å². The van der Waals surface area contributed by atoms with E-state index in [9.17, 15) is 4.79 Å². The van der Waals surface area contributed by atoms with Crippen molar-refractivity contribution in [1.82, 2.24) is 0 Å². The molecule has 0 aliphatic carbocycles. The van der Waals surface area contributed by atoms with E-state index in [1.54, 1.807) is 6.92 Å². The molecule has 0 bridgehead atoms. The van der Waals surface area contributed by atoms with Gasteiger partial charge >= 0.3 is 5.97 Å². The van der Waals surface area contributed by atoms with E-state index in [1.165, 1.54) is 0 Å². The van der Waals surface area contributed by atoms with Crippen LogP contribution in [0.15, 0.2) is 30.3 Å². The Bertz CT molecular complexity index is 362. The summed E-state index contributed by atoms with van der Waals surface area (Å²) in [7, 11) is 0. The lowest BCUT2D eigenvalue weighted by molar-refractivity contribution is -0.145. The fourth-order valence-electron chi connectivity index (χ4n) is 1.84. The second kappa shape index (κ2) is 5.82. The van der Waals surface area contributed by atoms with Crippen LogP contribution in [0.2, 0.25) is 0 Å². The maximum Gasteiger partial charge on any atom is 0.308 e. The SMILES string of the molecule is CCOC(=O)CC(N)(c1ccccc1)C(C)C. The molecule has 1 atom stereocenters. The topological polar surface area (TPSA) is 52.3 Å². The molecule has 0 heterocycles. The van der Waals surface area contributed by atoms with Crippen molar-refractivity contribution < 1.29 is 9.53 Å². The van der Waals surface area contributed by atoms with E-state index < -0.39 is 5.54 Å². The Morgan fingerprint density at radius 3 is 2.41 bits per heavy atom. The van der Waals surface area contributed by atoms with Crippen LogP contribution >= 0.6 is 0 Å².